The van der Waals surface area contributed by atoms with Gasteiger partial charge < -0.3 is 15.2 Å². The Morgan fingerprint density at radius 2 is 2.15 bits per heavy atom. The van der Waals surface area contributed by atoms with E-state index in [1.165, 1.54) is 12.1 Å². The van der Waals surface area contributed by atoms with Gasteiger partial charge in [0.05, 0.1) is 12.6 Å². The van der Waals surface area contributed by atoms with Crippen LogP contribution < -0.4 is 10.6 Å². The Morgan fingerprint density at radius 3 is 2.75 bits per heavy atom. The number of carbonyl (C=O) groups is 1. The van der Waals surface area contributed by atoms with Crippen molar-refractivity contribution in [3.8, 4) is 5.75 Å². The van der Waals surface area contributed by atoms with E-state index in [9.17, 15) is 14.3 Å². The van der Waals surface area contributed by atoms with Crippen molar-refractivity contribution in [3.63, 3.8) is 0 Å². The van der Waals surface area contributed by atoms with Crippen LogP contribution in [0.2, 0.25) is 0 Å². The van der Waals surface area contributed by atoms with E-state index in [1.807, 2.05) is 0 Å². The highest BCUT2D eigenvalue weighted by Crippen LogP contribution is 2.21. The van der Waals surface area contributed by atoms with Gasteiger partial charge in [-0.2, -0.15) is 0 Å². The van der Waals surface area contributed by atoms with Gasteiger partial charge in [-0.1, -0.05) is 6.07 Å². The van der Waals surface area contributed by atoms with Crippen LogP contribution in [0, 0.1) is 5.82 Å². The van der Waals surface area contributed by atoms with Crippen LogP contribution in [0.15, 0.2) is 18.2 Å². The number of carbonyl (C=O) groups excluding carboxylic acids is 1. The van der Waals surface area contributed by atoms with E-state index >= 15 is 0 Å². The van der Waals surface area contributed by atoms with Gasteiger partial charge in [0.25, 0.3) is 0 Å². The summed E-state index contributed by atoms with van der Waals surface area (Å²) in [5.41, 5.74) is 0.402. The van der Waals surface area contributed by atoms with Crippen molar-refractivity contribution in [3.05, 3.63) is 29.6 Å². The van der Waals surface area contributed by atoms with Crippen LogP contribution in [-0.2, 0) is 9.53 Å². The second kappa shape index (κ2) is 7.81. The SMILES string of the molecule is COCCNC(=O)C(C)NC(C)c1ccc(O)cc1F. The smallest absolute Gasteiger partial charge is 0.236 e. The van der Waals surface area contributed by atoms with Crippen molar-refractivity contribution >= 4 is 5.91 Å². The van der Waals surface area contributed by atoms with E-state index in [2.05, 4.69) is 10.6 Å². The Morgan fingerprint density at radius 1 is 1.45 bits per heavy atom. The third kappa shape index (κ3) is 4.79. The molecule has 1 aromatic carbocycles. The van der Waals surface area contributed by atoms with E-state index in [-0.39, 0.29) is 17.7 Å². The van der Waals surface area contributed by atoms with Gasteiger partial charge in [-0.3, -0.25) is 10.1 Å². The fourth-order valence-electron chi connectivity index (χ4n) is 1.84. The molecule has 0 fully saturated rings. The third-order valence-corrected chi connectivity index (χ3v) is 2.95. The Labute approximate surface area is 118 Å². The molecular weight excluding hydrogens is 263 g/mol. The van der Waals surface area contributed by atoms with E-state index in [1.54, 1.807) is 21.0 Å². The Hall–Kier alpha value is -1.66. The summed E-state index contributed by atoms with van der Waals surface area (Å²) in [5.74, 6) is -0.797. The second-order valence-electron chi connectivity index (χ2n) is 4.60. The van der Waals surface area contributed by atoms with E-state index in [0.29, 0.717) is 18.7 Å². The minimum Gasteiger partial charge on any atom is -0.508 e. The van der Waals surface area contributed by atoms with Gasteiger partial charge in [0, 0.05) is 31.3 Å². The zero-order chi connectivity index (χ0) is 15.1. The number of ether oxygens (including phenoxy) is 1. The lowest BCUT2D eigenvalue weighted by molar-refractivity contribution is -0.123. The van der Waals surface area contributed by atoms with Gasteiger partial charge in [0.15, 0.2) is 0 Å². The van der Waals surface area contributed by atoms with Crippen LogP contribution in [0.25, 0.3) is 0 Å². The average Bonchev–Trinajstić information content (AvgIpc) is 2.38. The molecule has 1 aromatic rings. The van der Waals surface area contributed by atoms with Gasteiger partial charge in [0.1, 0.15) is 11.6 Å². The number of halogens is 1. The second-order valence-corrected chi connectivity index (χ2v) is 4.60. The monoisotopic (exact) mass is 284 g/mol. The molecule has 0 saturated carbocycles. The summed E-state index contributed by atoms with van der Waals surface area (Å²) in [4.78, 5) is 11.8. The lowest BCUT2D eigenvalue weighted by atomic mass is 10.1. The van der Waals surface area contributed by atoms with Gasteiger partial charge >= 0.3 is 0 Å². The summed E-state index contributed by atoms with van der Waals surface area (Å²) in [6, 6.07) is 3.16. The predicted octanol–water partition coefficient (Wildman–Crippen LogP) is 1.33. The molecule has 2 atom stereocenters. The van der Waals surface area contributed by atoms with Crippen molar-refractivity contribution in [2.24, 2.45) is 0 Å². The molecule has 0 radical (unpaired) electrons. The van der Waals surface area contributed by atoms with Crippen molar-refractivity contribution in [1.29, 1.82) is 0 Å². The van der Waals surface area contributed by atoms with Crippen LogP contribution in [0.1, 0.15) is 25.5 Å². The maximum atomic E-state index is 13.7. The zero-order valence-electron chi connectivity index (χ0n) is 11.9. The molecule has 0 aliphatic rings. The molecule has 2 unspecified atom stereocenters. The van der Waals surface area contributed by atoms with Crippen LogP contribution in [0.5, 0.6) is 5.75 Å². The van der Waals surface area contributed by atoms with Crippen LogP contribution >= 0.6 is 0 Å². The van der Waals surface area contributed by atoms with Gasteiger partial charge in [-0.15, -0.1) is 0 Å². The number of hydrogen-bond donors (Lipinski definition) is 3. The summed E-state index contributed by atoms with van der Waals surface area (Å²) in [5, 5.41) is 14.9. The molecule has 0 heterocycles. The molecule has 112 valence electrons. The standard InChI is InChI=1S/C14H21FN2O3/c1-9(12-5-4-11(18)8-13(12)15)17-10(2)14(19)16-6-7-20-3/h4-5,8-10,17-18H,6-7H2,1-3H3,(H,16,19). The highest BCUT2D eigenvalue weighted by atomic mass is 19.1. The number of hydrogen-bond acceptors (Lipinski definition) is 4. The van der Waals surface area contributed by atoms with E-state index in [0.717, 1.165) is 6.07 Å². The minimum atomic E-state index is -0.503. The van der Waals surface area contributed by atoms with Crippen molar-refractivity contribution in [1.82, 2.24) is 10.6 Å². The number of aromatic hydroxyl groups is 1. The molecule has 3 N–H and O–H groups in total. The van der Waals surface area contributed by atoms with Gasteiger partial charge in [-0.25, -0.2) is 4.39 Å². The quantitative estimate of drug-likeness (QED) is 0.661. The number of rotatable bonds is 7. The van der Waals surface area contributed by atoms with Crippen molar-refractivity contribution in [2.45, 2.75) is 25.9 Å². The summed E-state index contributed by atoms with van der Waals surface area (Å²) in [6.07, 6.45) is 0. The first kappa shape index (κ1) is 16.4. The lowest BCUT2D eigenvalue weighted by Crippen LogP contribution is -2.44. The fourth-order valence-corrected chi connectivity index (χ4v) is 1.84. The maximum absolute atomic E-state index is 13.7. The minimum absolute atomic E-state index is 0.121. The molecule has 0 aliphatic heterocycles. The molecule has 1 amide bonds. The third-order valence-electron chi connectivity index (χ3n) is 2.95. The topological polar surface area (TPSA) is 70.6 Å². The van der Waals surface area contributed by atoms with Crippen LogP contribution in [0.3, 0.4) is 0 Å². The maximum Gasteiger partial charge on any atom is 0.236 e. The molecule has 0 bridgehead atoms. The fraction of sp³-hybridized carbons (Fsp3) is 0.500. The molecule has 1 rings (SSSR count). The van der Waals surface area contributed by atoms with Crippen molar-refractivity contribution in [2.75, 3.05) is 20.3 Å². The first-order chi connectivity index (χ1) is 9.45. The number of methoxy groups -OCH3 is 1. The summed E-state index contributed by atoms with van der Waals surface area (Å²) < 4.78 is 18.5. The molecule has 6 heteroatoms. The number of phenolic OH excluding ortho intramolecular Hbond substituents is 1. The summed E-state index contributed by atoms with van der Waals surface area (Å²) >= 11 is 0. The summed E-state index contributed by atoms with van der Waals surface area (Å²) in [6.45, 7) is 4.34. The van der Waals surface area contributed by atoms with Crippen LogP contribution in [0.4, 0.5) is 4.39 Å². The zero-order valence-corrected chi connectivity index (χ0v) is 11.9. The molecule has 0 saturated heterocycles. The number of nitrogens with one attached hydrogen (secondary N) is 2. The van der Waals surface area contributed by atoms with E-state index in [4.69, 9.17) is 4.74 Å². The number of benzene rings is 1. The largest absolute Gasteiger partial charge is 0.508 e. The normalized spacial score (nSPS) is 13.8. The highest BCUT2D eigenvalue weighted by molar-refractivity contribution is 5.81. The molecule has 0 aliphatic carbocycles. The molecule has 20 heavy (non-hydrogen) atoms. The molecular formula is C14H21FN2O3. The van der Waals surface area contributed by atoms with Crippen LogP contribution in [-0.4, -0.2) is 37.3 Å². The van der Waals surface area contributed by atoms with Gasteiger partial charge in [-0.05, 0) is 19.9 Å². The first-order valence-corrected chi connectivity index (χ1v) is 6.46. The lowest BCUT2D eigenvalue weighted by Gasteiger charge is -2.20. The predicted molar refractivity (Wildman–Crippen MR) is 74.0 cm³/mol. The number of amides is 1. The van der Waals surface area contributed by atoms with Crippen molar-refractivity contribution < 1.29 is 19.0 Å². The molecule has 5 nitrogen and oxygen atoms in total. The van der Waals surface area contributed by atoms with E-state index < -0.39 is 11.9 Å². The summed E-state index contributed by atoms with van der Waals surface area (Å²) in [7, 11) is 1.56. The first-order valence-electron chi connectivity index (χ1n) is 6.46. The highest BCUT2D eigenvalue weighted by Gasteiger charge is 2.18. The Bertz CT molecular complexity index is 454. The average molecular weight is 284 g/mol. The molecule has 0 spiro atoms. The Balaban J connectivity index is 2.56. The Kier molecular flexibility index (Phi) is 6.41. The number of phenols is 1. The van der Waals surface area contributed by atoms with Gasteiger partial charge in [0.2, 0.25) is 5.91 Å². The molecule has 0 aromatic heterocycles.